The molecule has 0 spiro atoms. The number of amides is 2. The van der Waals surface area contributed by atoms with E-state index in [4.69, 9.17) is 19.0 Å². The van der Waals surface area contributed by atoms with Gasteiger partial charge in [-0.3, -0.25) is 9.59 Å². The molecular weight excluding hydrogens is 448 g/mol. The fourth-order valence-electron chi connectivity index (χ4n) is 4.39. The van der Waals surface area contributed by atoms with Crippen molar-refractivity contribution in [2.45, 2.75) is 18.6 Å². The van der Waals surface area contributed by atoms with Crippen LogP contribution in [0.2, 0.25) is 0 Å². The summed E-state index contributed by atoms with van der Waals surface area (Å²) in [5.74, 6) is 1.52. The van der Waals surface area contributed by atoms with E-state index in [1.165, 1.54) is 5.01 Å². The Balaban J connectivity index is 1.42. The van der Waals surface area contributed by atoms with E-state index < -0.39 is 6.10 Å². The van der Waals surface area contributed by atoms with Crippen LogP contribution in [0.25, 0.3) is 0 Å². The first-order chi connectivity index (χ1) is 17.1. The number of likely N-dealkylation sites (N-methyl/N-ethyl adjacent to an activating group) is 1. The van der Waals surface area contributed by atoms with Crippen molar-refractivity contribution in [3.63, 3.8) is 0 Å². The van der Waals surface area contributed by atoms with Crippen LogP contribution >= 0.6 is 0 Å². The number of nitrogens with zero attached hydrogens (tertiary/aromatic N) is 3. The molecule has 0 radical (unpaired) electrons. The molecule has 2 aliphatic heterocycles. The van der Waals surface area contributed by atoms with E-state index >= 15 is 0 Å². The molecule has 3 aromatic rings. The number of nitrogens with one attached hydrogen (secondary N) is 1. The Morgan fingerprint density at radius 2 is 1.91 bits per heavy atom. The van der Waals surface area contributed by atoms with Gasteiger partial charge in [0.25, 0.3) is 11.8 Å². The molecule has 2 aromatic carbocycles. The number of hydrogen-bond acceptors (Lipinski definition) is 7. The molecule has 0 saturated carbocycles. The second kappa shape index (κ2) is 9.54. The van der Waals surface area contributed by atoms with Gasteiger partial charge in [0.05, 0.1) is 37.9 Å². The van der Waals surface area contributed by atoms with Gasteiger partial charge >= 0.3 is 0 Å². The number of carbonyl (C=O) groups is 2. The predicted molar refractivity (Wildman–Crippen MR) is 130 cm³/mol. The molecule has 180 valence electrons. The van der Waals surface area contributed by atoms with Crippen LogP contribution in [0.4, 0.5) is 5.69 Å². The first-order valence-electron chi connectivity index (χ1n) is 11.4. The molecule has 0 aliphatic carbocycles. The molecule has 2 amide bonds. The number of methoxy groups -OCH3 is 1. The maximum Gasteiger partial charge on any atom is 0.262 e. The molecule has 3 heterocycles. The minimum absolute atomic E-state index is 0.0322. The van der Waals surface area contributed by atoms with E-state index in [9.17, 15) is 9.59 Å². The summed E-state index contributed by atoms with van der Waals surface area (Å²) < 4.78 is 16.8. The molecule has 0 bridgehead atoms. The number of carbonyl (C=O) groups excluding carboxylic acids is 2. The van der Waals surface area contributed by atoms with E-state index in [0.29, 0.717) is 17.9 Å². The molecule has 1 aromatic heterocycles. The van der Waals surface area contributed by atoms with Crippen LogP contribution in [0, 0.1) is 0 Å². The first-order valence-corrected chi connectivity index (χ1v) is 11.4. The van der Waals surface area contributed by atoms with Crippen molar-refractivity contribution in [2.24, 2.45) is 5.10 Å². The zero-order chi connectivity index (χ0) is 24.4. The second-order valence-electron chi connectivity index (χ2n) is 8.32. The molecule has 9 heteroatoms. The zero-order valence-corrected chi connectivity index (χ0v) is 19.5. The third-order valence-electron chi connectivity index (χ3n) is 6.19. The van der Waals surface area contributed by atoms with E-state index in [-0.39, 0.29) is 30.9 Å². The van der Waals surface area contributed by atoms with Crippen molar-refractivity contribution < 1.29 is 23.5 Å². The van der Waals surface area contributed by atoms with Gasteiger partial charge in [-0.15, -0.1) is 0 Å². The number of anilines is 1. The number of fused-ring (bicyclic) bond motifs is 1. The average molecular weight is 475 g/mol. The summed E-state index contributed by atoms with van der Waals surface area (Å²) in [6.45, 7) is 0.279. The second-order valence-corrected chi connectivity index (χ2v) is 8.32. The van der Waals surface area contributed by atoms with Crippen molar-refractivity contribution in [3.05, 3.63) is 78.3 Å². The highest BCUT2D eigenvalue weighted by Gasteiger charge is 2.37. The largest absolute Gasteiger partial charge is 0.497 e. The highest BCUT2D eigenvalue weighted by molar-refractivity contribution is 6.03. The van der Waals surface area contributed by atoms with Crippen molar-refractivity contribution in [1.29, 1.82) is 0 Å². The quantitative estimate of drug-likeness (QED) is 0.590. The molecule has 2 atom stereocenters. The number of rotatable bonds is 6. The third kappa shape index (κ3) is 4.44. The Bertz CT molecular complexity index is 1240. The van der Waals surface area contributed by atoms with Crippen LogP contribution < -0.4 is 19.7 Å². The number of hydrazone groups is 1. The molecule has 9 nitrogen and oxygen atoms in total. The maximum atomic E-state index is 13.6. The van der Waals surface area contributed by atoms with Crippen LogP contribution in [0.5, 0.6) is 11.5 Å². The van der Waals surface area contributed by atoms with Gasteiger partial charge in [0.15, 0.2) is 6.10 Å². The lowest BCUT2D eigenvalue weighted by atomic mass is 10.0. The van der Waals surface area contributed by atoms with Crippen molar-refractivity contribution in [2.75, 3.05) is 32.1 Å². The van der Waals surface area contributed by atoms with Gasteiger partial charge in [0.1, 0.15) is 23.3 Å². The van der Waals surface area contributed by atoms with Crippen molar-refractivity contribution in [3.8, 4) is 11.5 Å². The monoisotopic (exact) mass is 474 g/mol. The molecule has 35 heavy (non-hydrogen) atoms. The molecule has 2 unspecified atom stereocenters. The summed E-state index contributed by atoms with van der Waals surface area (Å²) in [6, 6.07) is 18.3. The molecule has 2 aliphatic rings. The standard InChI is InChI=1S/C26H26N4O5/c1-27-26(32)24-15-29(20-6-3-4-7-23(20)35-24)16-25(31)30-21(22-8-5-13-34-22)14-19(28-30)17-9-11-18(33-2)12-10-17/h3-13,21,24H,14-16H2,1-2H3,(H,27,32). The Hall–Kier alpha value is -4.27. The Labute approximate surface area is 202 Å². The van der Waals surface area contributed by atoms with E-state index in [0.717, 1.165) is 22.7 Å². The number of hydrogen-bond donors (Lipinski definition) is 1. The summed E-state index contributed by atoms with van der Waals surface area (Å²) in [4.78, 5) is 27.8. The summed E-state index contributed by atoms with van der Waals surface area (Å²) in [5.41, 5.74) is 2.45. The lowest BCUT2D eigenvalue weighted by molar-refractivity contribution is -0.132. The normalized spacial score (nSPS) is 19.0. The molecular formula is C26H26N4O5. The maximum absolute atomic E-state index is 13.6. The highest BCUT2D eigenvalue weighted by atomic mass is 16.5. The number of para-hydroxylation sites is 2. The van der Waals surface area contributed by atoms with Crippen LogP contribution in [0.15, 0.2) is 76.4 Å². The first kappa shape index (κ1) is 22.5. The van der Waals surface area contributed by atoms with E-state index in [1.54, 1.807) is 32.6 Å². The minimum Gasteiger partial charge on any atom is -0.497 e. The predicted octanol–water partition coefficient (Wildman–Crippen LogP) is 2.98. The molecule has 0 fully saturated rings. The van der Waals surface area contributed by atoms with Gasteiger partial charge in [-0.25, -0.2) is 5.01 Å². The Morgan fingerprint density at radius 3 is 2.63 bits per heavy atom. The SMILES string of the molecule is CNC(=O)C1CN(CC(=O)N2N=C(c3ccc(OC)cc3)CC2c2ccco2)c2ccccc2O1. The number of ether oxygens (including phenoxy) is 2. The van der Waals surface area contributed by atoms with E-state index in [2.05, 4.69) is 5.32 Å². The highest BCUT2D eigenvalue weighted by Crippen LogP contribution is 2.36. The topological polar surface area (TPSA) is 96.6 Å². The fraction of sp³-hybridized carbons (Fsp3) is 0.269. The van der Waals surface area contributed by atoms with Gasteiger partial charge in [-0.05, 0) is 54.1 Å². The average Bonchev–Trinajstić information content (AvgIpc) is 3.58. The summed E-state index contributed by atoms with van der Waals surface area (Å²) in [5, 5.41) is 8.82. The van der Waals surface area contributed by atoms with Crippen molar-refractivity contribution >= 4 is 23.2 Å². The van der Waals surface area contributed by atoms with Crippen molar-refractivity contribution in [1.82, 2.24) is 10.3 Å². The van der Waals surface area contributed by atoms with Crippen LogP contribution in [-0.4, -0.2) is 55.9 Å². The Morgan fingerprint density at radius 1 is 1.11 bits per heavy atom. The lowest BCUT2D eigenvalue weighted by Gasteiger charge is -2.35. The summed E-state index contributed by atoms with van der Waals surface area (Å²) in [6.07, 6.45) is 1.39. The third-order valence-corrected chi connectivity index (χ3v) is 6.19. The van der Waals surface area contributed by atoms with Gasteiger partial charge < -0.3 is 24.1 Å². The summed E-state index contributed by atoms with van der Waals surface area (Å²) >= 11 is 0. The number of furan rings is 1. The molecule has 5 rings (SSSR count). The van der Waals surface area contributed by atoms with Gasteiger partial charge in [0.2, 0.25) is 0 Å². The van der Waals surface area contributed by atoms with Gasteiger partial charge in [-0.2, -0.15) is 5.10 Å². The molecule has 1 N–H and O–H groups in total. The Kier molecular flexibility index (Phi) is 6.13. The lowest BCUT2D eigenvalue weighted by Crippen LogP contribution is -2.50. The fourth-order valence-corrected chi connectivity index (χ4v) is 4.39. The minimum atomic E-state index is -0.722. The smallest absolute Gasteiger partial charge is 0.262 e. The van der Waals surface area contributed by atoms with Crippen LogP contribution in [0.1, 0.15) is 23.8 Å². The van der Waals surface area contributed by atoms with E-state index in [1.807, 2.05) is 53.4 Å². The van der Waals surface area contributed by atoms with Gasteiger partial charge in [0, 0.05) is 13.5 Å². The zero-order valence-electron chi connectivity index (χ0n) is 19.5. The van der Waals surface area contributed by atoms with Gasteiger partial charge in [-0.1, -0.05) is 12.1 Å². The van der Waals surface area contributed by atoms with Crippen LogP contribution in [-0.2, 0) is 9.59 Å². The summed E-state index contributed by atoms with van der Waals surface area (Å²) in [7, 11) is 3.18. The number of benzene rings is 2. The molecule has 0 saturated heterocycles. The van der Waals surface area contributed by atoms with Crippen LogP contribution in [0.3, 0.4) is 0 Å².